The minimum Gasteiger partial charge on any atom is -0.242 e. The van der Waals surface area contributed by atoms with E-state index >= 15 is 0 Å². The first kappa shape index (κ1) is 14.7. The van der Waals surface area contributed by atoms with E-state index in [1.54, 1.807) is 0 Å². The summed E-state index contributed by atoms with van der Waals surface area (Å²) < 4.78 is 26.1. The largest absolute Gasteiger partial charge is 0.242 e. The van der Waals surface area contributed by atoms with Gasteiger partial charge in [-0.3, -0.25) is 0 Å². The van der Waals surface area contributed by atoms with E-state index in [4.69, 9.17) is 23.2 Å². The Morgan fingerprint density at radius 2 is 2.06 bits per heavy atom. The summed E-state index contributed by atoms with van der Waals surface area (Å²) in [6, 6.07) is 1.29. The molecule has 0 aliphatic rings. The van der Waals surface area contributed by atoms with Gasteiger partial charge < -0.3 is 0 Å². The Hall–Kier alpha value is -0.360. The highest BCUT2D eigenvalue weighted by molar-refractivity contribution is 7.89. The summed E-state index contributed by atoms with van der Waals surface area (Å²) in [4.78, 5) is 3.73. The van der Waals surface area contributed by atoms with Gasteiger partial charge in [0.25, 0.3) is 0 Å². The number of nitrogens with zero attached hydrogens (tertiary/aromatic N) is 1. The number of rotatable bonds is 5. The third-order valence-corrected chi connectivity index (χ3v) is 4.21. The summed E-state index contributed by atoms with van der Waals surface area (Å²) in [6.07, 6.45) is 1.96. The topological polar surface area (TPSA) is 59.1 Å². The normalized spacial score (nSPS) is 12.1. The van der Waals surface area contributed by atoms with Crippen LogP contribution in [0.5, 0.6) is 0 Å². The molecule has 7 heteroatoms. The maximum absolute atomic E-state index is 11.8. The average Bonchev–Trinajstić information content (AvgIpc) is 2.21. The molecule has 0 atom stereocenters. The Balaban J connectivity index is 2.79. The van der Waals surface area contributed by atoms with Gasteiger partial charge in [-0.15, -0.1) is 0 Å². The highest BCUT2D eigenvalue weighted by Crippen LogP contribution is 2.21. The van der Waals surface area contributed by atoms with Gasteiger partial charge in [0, 0.05) is 12.7 Å². The maximum Gasteiger partial charge on any atom is 0.242 e. The highest BCUT2D eigenvalue weighted by atomic mass is 35.5. The lowest BCUT2D eigenvalue weighted by Crippen LogP contribution is -2.25. The van der Waals surface area contributed by atoms with Crippen LogP contribution in [0.4, 0.5) is 0 Å². The molecular weight excluding hydrogens is 283 g/mol. The van der Waals surface area contributed by atoms with E-state index in [1.807, 2.05) is 13.8 Å². The van der Waals surface area contributed by atoms with Crippen LogP contribution in [0.2, 0.25) is 10.2 Å². The summed E-state index contributed by atoms with van der Waals surface area (Å²) >= 11 is 11.3. The van der Waals surface area contributed by atoms with Crippen LogP contribution < -0.4 is 4.72 Å². The van der Waals surface area contributed by atoms with Gasteiger partial charge in [-0.25, -0.2) is 18.1 Å². The van der Waals surface area contributed by atoms with Crippen LogP contribution in [0.3, 0.4) is 0 Å². The van der Waals surface area contributed by atoms with Crippen molar-refractivity contribution in [2.24, 2.45) is 5.92 Å². The molecule has 1 aromatic rings. The van der Waals surface area contributed by atoms with E-state index in [9.17, 15) is 8.42 Å². The van der Waals surface area contributed by atoms with Crippen molar-refractivity contribution < 1.29 is 8.42 Å². The lowest BCUT2D eigenvalue weighted by molar-refractivity contribution is 0.551. The lowest BCUT2D eigenvalue weighted by Gasteiger charge is -2.08. The molecule has 0 unspecified atom stereocenters. The predicted octanol–water partition coefficient (Wildman–Crippen LogP) is 2.71. The molecule has 0 radical (unpaired) electrons. The van der Waals surface area contributed by atoms with E-state index in [0.29, 0.717) is 12.5 Å². The number of sulfonamides is 1. The third kappa shape index (κ3) is 4.43. The van der Waals surface area contributed by atoms with Gasteiger partial charge in [-0.2, -0.15) is 0 Å². The number of hydrogen-bond acceptors (Lipinski definition) is 3. The molecule has 0 saturated carbocycles. The summed E-state index contributed by atoms with van der Waals surface area (Å²) in [5.41, 5.74) is 0. The molecule has 4 nitrogen and oxygen atoms in total. The zero-order valence-electron chi connectivity index (χ0n) is 9.57. The lowest BCUT2D eigenvalue weighted by atomic mass is 10.1. The van der Waals surface area contributed by atoms with Crippen molar-refractivity contribution in [3.05, 3.63) is 22.4 Å². The van der Waals surface area contributed by atoms with Gasteiger partial charge in [0.2, 0.25) is 10.0 Å². The highest BCUT2D eigenvalue weighted by Gasteiger charge is 2.15. The number of halogens is 2. The fourth-order valence-electron chi connectivity index (χ4n) is 1.12. The van der Waals surface area contributed by atoms with Crippen LogP contribution in [-0.2, 0) is 10.0 Å². The molecule has 1 N–H and O–H groups in total. The average molecular weight is 297 g/mol. The monoisotopic (exact) mass is 296 g/mol. The van der Waals surface area contributed by atoms with Crippen molar-refractivity contribution >= 4 is 33.2 Å². The van der Waals surface area contributed by atoms with E-state index in [0.717, 1.165) is 6.42 Å². The summed E-state index contributed by atoms with van der Waals surface area (Å²) in [7, 11) is -3.55. The quantitative estimate of drug-likeness (QED) is 0.850. The van der Waals surface area contributed by atoms with Crippen molar-refractivity contribution in [2.75, 3.05) is 6.54 Å². The first-order valence-corrected chi connectivity index (χ1v) is 7.37. The van der Waals surface area contributed by atoms with Crippen molar-refractivity contribution in [3.63, 3.8) is 0 Å². The Morgan fingerprint density at radius 1 is 1.41 bits per heavy atom. The molecule has 0 fully saturated rings. The molecule has 0 amide bonds. The van der Waals surface area contributed by atoms with Crippen LogP contribution in [0.15, 0.2) is 17.2 Å². The SMILES string of the molecule is CC(C)CCNS(=O)(=O)c1cnc(Cl)c(Cl)c1. The van der Waals surface area contributed by atoms with Crippen molar-refractivity contribution in [1.82, 2.24) is 9.71 Å². The molecule has 0 aromatic carbocycles. The smallest absolute Gasteiger partial charge is 0.242 e. The van der Waals surface area contributed by atoms with Crippen molar-refractivity contribution in [1.29, 1.82) is 0 Å². The van der Waals surface area contributed by atoms with Crippen molar-refractivity contribution in [3.8, 4) is 0 Å². The van der Waals surface area contributed by atoms with E-state index in [1.165, 1.54) is 12.3 Å². The molecule has 17 heavy (non-hydrogen) atoms. The van der Waals surface area contributed by atoms with E-state index < -0.39 is 10.0 Å². The van der Waals surface area contributed by atoms with Gasteiger partial charge in [0.15, 0.2) is 0 Å². The van der Waals surface area contributed by atoms with Crippen LogP contribution >= 0.6 is 23.2 Å². The minimum atomic E-state index is -3.55. The molecule has 0 saturated heterocycles. The zero-order valence-corrected chi connectivity index (χ0v) is 11.9. The predicted molar refractivity (Wildman–Crippen MR) is 68.9 cm³/mol. The van der Waals surface area contributed by atoms with E-state index in [2.05, 4.69) is 9.71 Å². The first-order valence-electron chi connectivity index (χ1n) is 5.13. The number of hydrogen-bond donors (Lipinski definition) is 1. The third-order valence-electron chi connectivity index (χ3n) is 2.10. The zero-order chi connectivity index (χ0) is 13.1. The van der Waals surface area contributed by atoms with Crippen LogP contribution in [0.25, 0.3) is 0 Å². The Morgan fingerprint density at radius 3 is 2.59 bits per heavy atom. The van der Waals surface area contributed by atoms with Gasteiger partial charge in [-0.05, 0) is 18.4 Å². The second-order valence-electron chi connectivity index (χ2n) is 4.02. The molecule has 96 valence electrons. The molecule has 1 heterocycles. The van der Waals surface area contributed by atoms with Crippen LogP contribution in [0.1, 0.15) is 20.3 Å². The first-order chi connectivity index (χ1) is 7.83. The minimum absolute atomic E-state index is 0.0238. The number of pyridine rings is 1. The van der Waals surface area contributed by atoms with Gasteiger partial charge in [0.05, 0.1) is 5.02 Å². The van der Waals surface area contributed by atoms with E-state index in [-0.39, 0.29) is 15.1 Å². The van der Waals surface area contributed by atoms with Gasteiger partial charge in [-0.1, -0.05) is 37.0 Å². The second kappa shape index (κ2) is 6.00. The Labute approximate surface area is 111 Å². The summed E-state index contributed by atoms with van der Waals surface area (Å²) in [5, 5.41) is 0.214. The standard InChI is InChI=1S/C10H14Cl2N2O2S/c1-7(2)3-4-14-17(15,16)8-5-9(11)10(12)13-6-8/h5-7,14H,3-4H2,1-2H3. The van der Waals surface area contributed by atoms with Gasteiger partial charge in [0.1, 0.15) is 10.0 Å². The number of aromatic nitrogens is 1. The number of nitrogens with one attached hydrogen (secondary N) is 1. The molecule has 1 rings (SSSR count). The molecular formula is C10H14Cl2N2O2S. The Bertz CT molecular complexity index is 489. The van der Waals surface area contributed by atoms with Crippen LogP contribution in [-0.4, -0.2) is 19.9 Å². The van der Waals surface area contributed by atoms with Crippen LogP contribution in [0, 0.1) is 5.92 Å². The fourth-order valence-corrected chi connectivity index (χ4v) is 2.47. The molecule has 0 aliphatic heterocycles. The fraction of sp³-hybridized carbons (Fsp3) is 0.500. The molecule has 0 aliphatic carbocycles. The summed E-state index contributed by atoms with van der Waals surface area (Å²) in [5.74, 6) is 0.435. The van der Waals surface area contributed by atoms with Gasteiger partial charge >= 0.3 is 0 Å². The maximum atomic E-state index is 11.8. The second-order valence-corrected chi connectivity index (χ2v) is 6.56. The summed E-state index contributed by atoms with van der Waals surface area (Å²) in [6.45, 7) is 4.43. The molecule has 0 bridgehead atoms. The van der Waals surface area contributed by atoms with Crippen molar-refractivity contribution in [2.45, 2.75) is 25.2 Å². The Kier molecular flexibility index (Phi) is 5.19. The molecule has 1 aromatic heterocycles. The molecule has 0 spiro atoms.